The second kappa shape index (κ2) is 6.55. The maximum Gasteiger partial charge on any atom is 0.411 e. The van der Waals surface area contributed by atoms with Crippen molar-refractivity contribution in [1.82, 2.24) is 20.1 Å². The van der Waals surface area contributed by atoms with E-state index in [2.05, 4.69) is 20.1 Å². The molecule has 0 amide bonds. The topological polar surface area (TPSA) is 52.0 Å². The van der Waals surface area contributed by atoms with E-state index in [4.69, 9.17) is 0 Å². The zero-order valence-corrected chi connectivity index (χ0v) is 9.50. The third kappa shape index (κ3) is 6.22. The molecular formula is C9H15F3N4O. The first-order valence-electron chi connectivity index (χ1n) is 5.18. The van der Waals surface area contributed by atoms with Gasteiger partial charge in [-0.2, -0.15) is 18.3 Å². The molecule has 0 fully saturated rings. The predicted octanol–water partition coefficient (Wildman–Crippen LogP) is 0.966. The van der Waals surface area contributed by atoms with E-state index < -0.39 is 12.8 Å². The Kier molecular flexibility index (Phi) is 5.36. The van der Waals surface area contributed by atoms with E-state index in [1.165, 1.54) is 0 Å². The van der Waals surface area contributed by atoms with Crippen LogP contribution < -0.4 is 5.32 Å². The minimum atomic E-state index is -4.26. The lowest BCUT2D eigenvalue weighted by atomic mass is 10.4. The van der Waals surface area contributed by atoms with Crippen LogP contribution in [0.3, 0.4) is 0 Å². The molecule has 17 heavy (non-hydrogen) atoms. The molecule has 0 aliphatic carbocycles. The highest BCUT2D eigenvalue weighted by atomic mass is 19.4. The molecule has 0 aliphatic rings. The van der Waals surface area contributed by atoms with Crippen LogP contribution in [-0.4, -0.2) is 41.2 Å². The van der Waals surface area contributed by atoms with E-state index >= 15 is 0 Å². The molecule has 1 N–H and O–H groups in total. The Morgan fingerprint density at radius 2 is 2.24 bits per heavy atom. The lowest BCUT2D eigenvalue weighted by Crippen LogP contribution is -2.18. The first-order chi connectivity index (χ1) is 8.01. The molecule has 1 aromatic rings. The Morgan fingerprint density at radius 3 is 2.88 bits per heavy atom. The standard InChI is InChI=1S/C9H15F3N4O/c1-13-5-8-14-7-16(15-8)3-2-4-17-6-9(10,11)12/h7,13H,2-6H2,1H3. The van der Waals surface area contributed by atoms with E-state index in [-0.39, 0.29) is 6.61 Å². The summed E-state index contributed by atoms with van der Waals surface area (Å²) >= 11 is 0. The minimum absolute atomic E-state index is 0.0563. The number of halogens is 3. The molecule has 98 valence electrons. The fraction of sp³-hybridized carbons (Fsp3) is 0.778. The third-order valence-electron chi connectivity index (χ3n) is 1.86. The molecule has 0 aromatic carbocycles. The fourth-order valence-electron chi connectivity index (χ4n) is 1.20. The SMILES string of the molecule is CNCc1ncn(CCCOCC(F)(F)F)n1. The second-order valence-corrected chi connectivity index (χ2v) is 3.48. The third-order valence-corrected chi connectivity index (χ3v) is 1.86. The number of aryl methyl sites for hydroxylation is 1. The molecule has 0 atom stereocenters. The zero-order chi connectivity index (χ0) is 12.7. The number of aromatic nitrogens is 3. The van der Waals surface area contributed by atoms with E-state index in [1.807, 2.05) is 0 Å². The molecule has 0 radical (unpaired) electrons. The first-order valence-corrected chi connectivity index (χ1v) is 5.18. The molecule has 0 unspecified atom stereocenters. The summed E-state index contributed by atoms with van der Waals surface area (Å²) in [5, 5.41) is 7.01. The quantitative estimate of drug-likeness (QED) is 0.735. The van der Waals surface area contributed by atoms with Crippen LogP contribution in [0.2, 0.25) is 0 Å². The van der Waals surface area contributed by atoms with Gasteiger partial charge in [0.05, 0.1) is 6.54 Å². The maximum absolute atomic E-state index is 11.7. The number of ether oxygens (including phenoxy) is 1. The van der Waals surface area contributed by atoms with E-state index in [1.54, 1.807) is 18.1 Å². The number of hydrogen-bond donors (Lipinski definition) is 1. The monoisotopic (exact) mass is 252 g/mol. The summed E-state index contributed by atoms with van der Waals surface area (Å²) in [4.78, 5) is 4.01. The molecule has 8 heteroatoms. The molecule has 0 bridgehead atoms. The molecule has 0 spiro atoms. The van der Waals surface area contributed by atoms with Gasteiger partial charge in [-0.3, -0.25) is 4.68 Å². The van der Waals surface area contributed by atoms with Gasteiger partial charge in [-0.1, -0.05) is 0 Å². The number of alkyl halides is 3. The van der Waals surface area contributed by atoms with Gasteiger partial charge < -0.3 is 10.1 Å². The number of nitrogens with zero attached hydrogens (tertiary/aromatic N) is 3. The second-order valence-electron chi connectivity index (χ2n) is 3.48. The van der Waals surface area contributed by atoms with Gasteiger partial charge in [0.15, 0.2) is 5.82 Å². The lowest BCUT2D eigenvalue weighted by Gasteiger charge is -2.07. The molecule has 1 aromatic heterocycles. The van der Waals surface area contributed by atoms with Gasteiger partial charge >= 0.3 is 6.18 Å². The van der Waals surface area contributed by atoms with E-state index in [0.717, 1.165) is 0 Å². The molecule has 0 saturated heterocycles. The molecule has 0 aliphatic heterocycles. The Hall–Kier alpha value is -1.15. The van der Waals surface area contributed by atoms with Crippen molar-refractivity contribution in [2.24, 2.45) is 0 Å². The predicted molar refractivity (Wildman–Crippen MR) is 54.3 cm³/mol. The largest absolute Gasteiger partial charge is 0.411 e. The van der Waals surface area contributed by atoms with Gasteiger partial charge in [-0.25, -0.2) is 4.98 Å². The average molecular weight is 252 g/mol. The van der Waals surface area contributed by atoms with Crippen LogP contribution in [0.25, 0.3) is 0 Å². The van der Waals surface area contributed by atoms with Gasteiger partial charge in [0.2, 0.25) is 0 Å². The lowest BCUT2D eigenvalue weighted by molar-refractivity contribution is -0.174. The minimum Gasteiger partial charge on any atom is -0.372 e. The van der Waals surface area contributed by atoms with Crippen LogP contribution in [-0.2, 0) is 17.8 Å². The van der Waals surface area contributed by atoms with E-state index in [0.29, 0.717) is 25.3 Å². The van der Waals surface area contributed by atoms with Crippen LogP contribution in [0.4, 0.5) is 13.2 Å². The van der Waals surface area contributed by atoms with Crippen LogP contribution in [0, 0.1) is 0 Å². The smallest absolute Gasteiger partial charge is 0.372 e. The van der Waals surface area contributed by atoms with Crippen molar-refractivity contribution in [3.8, 4) is 0 Å². The molecular weight excluding hydrogens is 237 g/mol. The van der Waals surface area contributed by atoms with Crippen LogP contribution in [0.1, 0.15) is 12.2 Å². The normalized spacial score (nSPS) is 12.0. The summed E-state index contributed by atoms with van der Waals surface area (Å²) in [6.45, 7) is -0.0811. The summed E-state index contributed by atoms with van der Waals surface area (Å²) < 4.78 is 41.3. The van der Waals surface area contributed by atoms with Gasteiger partial charge in [0.1, 0.15) is 12.9 Å². The summed E-state index contributed by atoms with van der Waals surface area (Å²) in [6, 6.07) is 0. The highest BCUT2D eigenvalue weighted by Crippen LogP contribution is 2.14. The number of nitrogens with one attached hydrogen (secondary N) is 1. The first kappa shape index (κ1) is 13.9. The zero-order valence-electron chi connectivity index (χ0n) is 9.50. The van der Waals surface area contributed by atoms with Crippen LogP contribution >= 0.6 is 0 Å². The molecule has 0 saturated carbocycles. The summed E-state index contributed by atoms with van der Waals surface area (Å²) in [5.41, 5.74) is 0. The Morgan fingerprint density at radius 1 is 1.47 bits per heavy atom. The summed E-state index contributed by atoms with van der Waals surface area (Å²) in [7, 11) is 1.78. The van der Waals surface area contributed by atoms with E-state index in [9.17, 15) is 13.2 Å². The van der Waals surface area contributed by atoms with Gasteiger partial charge in [-0.05, 0) is 13.5 Å². The highest BCUT2D eigenvalue weighted by Gasteiger charge is 2.27. The van der Waals surface area contributed by atoms with Crippen molar-refractivity contribution in [3.63, 3.8) is 0 Å². The van der Waals surface area contributed by atoms with Crippen LogP contribution in [0.15, 0.2) is 6.33 Å². The number of hydrogen-bond acceptors (Lipinski definition) is 4. The molecule has 1 rings (SSSR count). The Labute approximate surface area is 97.0 Å². The van der Waals surface area contributed by atoms with Crippen LogP contribution in [0.5, 0.6) is 0 Å². The van der Waals surface area contributed by atoms with Gasteiger partial charge in [0.25, 0.3) is 0 Å². The maximum atomic E-state index is 11.7. The molecule has 1 heterocycles. The summed E-state index contributed by atoms with van der Waals surface area (Å²) in [5.74, 6) is 0.656. The van der Waals surface area contributed by atoms with Crippen molar-refractivity contribution < 1.29 is 17.9 Å². The Balaban J connectivity index is 2.13. The van der Waals surface area contributed by atoms with Crippen molar-refractivity contribution in [1.29, 1.82) is 0 Å². The highest BCUT2D eigenvalue weighted by molar-refractivity contribution is 4.79. The number of rotatable bonds is 7. The van der Waals surface area contributed by atoms with Crippen molar-refractivity contribution in [2.75, 3.05) is 20.3 Å². The van der Waals surface area contributed by atoms with Crippen molar-refractivity contribution in [2.45, 2.75) is 25.7 Å². The van der Waals surface area contributed by atoms with Gasteiger partial charge in [0, 0.05) is 13.2 Å². The molecule has 5 nitrogen and oxygen atoms in total. The van der Waals surface area contributed by atoms with Crippen molar-refractivity contribution in [3.05, 3.63) is 12.2 Å². The average Bonchev–Trinajstić information content (AvgIpc) is 2.64. The summed E-state index contributed by atoms with van der Waals surface area (Å²) in [6.07, 6.45) is -2.23. The van der Waals surface area contributed by atoms with Gasteiger partial charge in [-0.15, -0.1) is 0 Å². The Bertz CT molecular complexity index is 326. The van der Waals surface area contributed by atoms with Crippen molar-refractivity contribution >= 4 is 0 Å². The fourth-order valence-corrected chi connectivity index (χ4v) is 1.20.